The lowest BCUT2D eigenvalue weighted by Gasteiger charge is -2.54. The van der Waals surface area contributed by atoms with E-state index < -0.39 is 40.8 Å². The van der Waals surface area contributed by atoms with Crippen LogP contribution in [0.5, 0.6) is 0 Å². The van der Waals surface area contributed by atoms with Gasteiger partial charge < -0.3 is 15.3 Å². The van der Waals surface area contributed by atoms with Gasteiger partial charge in [0.05, 0.1) is 11.5 Å². The zero-order valence-corrected chi connectivity index (χ0v) is 15.0. The summed E-state index contributed by atoms with van der Waals surface area (Å²) in [5.41, 5.74) is -0.774. The minimum Gasteiger partial charge on any atom is -0.389 e. The summed E-state index contributed by atoms with van der Waals surface area (Å²) in [6.45, 7) is 9.83. The molecule has 0 aliphatic heterocycles. The second-order valence-corrected chi connectivity index (χ2v) is 8.88. The summed E-state index contributed by atoms with van der Waals surface area (Å²) in [4.78, 5) is 26.3. The monoisotopic (exact) mass is 346 g/mol. The third-order valence-electron chi connectivity index (χ3n) is 7.63. The number of rotatable bonds is 0. The van der Waals surface area contributed by atoms with E-state index in [2.05, 4.69) is 6.58 Å². The van der Waals surface area contributed by atoms with Crippen LogP contribution in [-0.2, 0) is 9.59 Å². The number of carbonyl (C=O) groups excluding carboxylic acids is 2. The van der Waals surface area contributed by atoms with E-state index in [1.165, 1.54) is 0 Å². The highest BCUT2D eigenvalue weighted by Gasteiger charge is 2.71. The predicted molar refractivity (Wildman–Crippen MR) is 90.4 cm³/mol. The Kier molecular flexibility index (Phi) is 3.36. The smallest absolute Gasteiger partial charge is 0.189 e. The molecule has 5 heteroatoms. The van der Waals surface area contributed by atoms with E-state index in [0.29, 0.717) is 12.8 Å². The maximum atomic E-state index is 13.2. The van der Waals surface area contributed by atoms with Gasteiger partial charge in [0, 0.05) is 22.5 Å². The van der Waals surface area contributed by atoms with Gasteiger partial charge in [-0.05, 0) is 31.1 Å². The lowest BCUT2D eigenvalue weighted by Crippen LogP contribution is -2.60. The van der Waals surface area contributed by atoms with Crippen molar-refractivity contribution in [1.82, 2.24) is 0 Å². The number of hydrogen-bond acceptors (Lipinski definition) is 5. The summed E-state index contributed by atoms with van der Waals surface area (Å²) in [5, 5.41) is 32.2. The summed E-state index contributed by atoms with van der Waals surface area (Å²) in [6, 6.07) is 0. The summed E-state index contributed by atoms with van der Waals surface area (Å²) in [7, 11) is 0. The van der Waals surface area contributed by atoms with E-state index in [0.717, 1.165) is 12.0 Å². The standard InChI is InChI=1S/C20H26O5/c1-8-5-6-19(4)12(10(8)3)15(22)14(21)11-13(19)16(23)18(25)20(17(11)24)7-9(20)2/h8-9,12,14-15,18,21-22,25H,3,5-7H2,1-2,4H3/t8-,9+,12?,14+,15+,18?,19+,20-/m1/s1. The van der Waals surface area contributed by atoms with Crippen molar-refractivity contribution >= 4 is 11.6 Å². The summed E-state index contributed by atoms with van der Waals surface area (Å²) in [6.07, 6.45) is -2.04. The maximum absolute atomic E-state index is 13.2. The molecule has 8 atom stereocenters. The molecule has 2 saturated carbocycles. The third kappa shape index (κ3) is 1.79. The van der Waals surface area contributed by atoms with Crippen molar-refractivity contribution in [3.63, 3.8) is 0 Å². The first-order chi connectivity index (χ1) is 11.6. The Labute approximate surface area is 147 Å². The summed E-state index contributed by atoms with van der Waals surface area (Å²) < 4.78 is 0. The van der Waals surface area contributed by atoms with E-state index in [1.54, 1.807) is 0 Å². The molecule has 0 heterocycles. The molecule has 4 rings (SSSR count). The average molecular weight is 346 g/mol. The molecule has 0 aromatic rings. The lowest BCUT2D eigenvalue weighted by molar-refractivity contribution is -0.145. The topological polar surface area (TPSA) is 94.8 Å². The number of aliphatic hydroxyl groups excluding tert-OH is 3. The van der Waals surface area contributed by atoms with Crippen LogP contribution in [0.2, 0.25) is 0 Å². The van der Waals surface area contributed by atoms with Crippen LogP contribution >= 0.6 is 0 Å². The van der Waals surface area contributed by atoms with Crippen molar-refractivity contribution in [2.45, 2.75) is 58.3 Å². The highest BCUT2D eigenvalue weighted by Crippen LogP contribution is 2.64. The Morgan fingerprint density at radius 3 is 2.32 bits per heavy atom. The maximum Gasteiger partial charge on any atom is 0.189 e. The van der Waals surface area contributed by atoms with Gasteiger partial charge in [0.2, 0.25) is 0 Å². The van der Waals surface area contributed by atoms with Crippen LogP contribution in [0.25, 0.3) is 0 Å². The van der Waals surface area contributed by atoms with E-state index in [9.17, 15) is 24.9 Å². The zero-order chi connectivity index (χ0) is 18.5. The Hall–Kier alpha value is -1.30. The fourth-order valence-electron chi connectivity index (χ4n) is 5.81. The van der Waals surface area contributed by atoms with Crippen molar-refractivity contribution in [1.29, 1.82) is 0 Å². The number of aliphatic hydroxyl groups is 3. The lowest BCUT2D eigenvalue weighted by atomic mass is 9.50. The molecule has 2 fully saturated rings. The second-order valence-electron chi connectivity index (χ2n) is 8.88. The molecule has 4 aliphatic carbocycles. The van der Waals surface area contributed by atoms with Crippen molar-refractivity contribution < 1.29 is 24.9 Å². The zero-order valence-electron chi connectivity index (χ0n) is 15.0. The van der Waals surface area contributed by atoms with Gasteiger partial charge in [-0.1, -0.05) is 32.9 Å². The normalized spacial score (nSPS) is 52.3. The molecule has 0 aromatic carbocycles. The quantitative estimate of drug-likeness (QED) is 0.572. The van der Waals surface area contributed by atoms with Gasteiger partial charge in [0.25, 0.3) is 0 Å². The van der Waals surface area contributed by atoms with E-state index in [4.69, 9.17) is 0 Å². The van der Waals surface area contributed by atoms with Crippen LogP contribution in [0.3, 0.4) is 0 Å². The second kappa shape index (κ2) is 4.90. The van der Waals surface area contributed by atoms with Gasteiger partial charge in [0.1, 0.15) is 12.2 Å². The minimum atomic E-state index is -1.40. The van der Waals surface area contributed by atoms with Crippen LogP contribution in [-0.4, -0.2) is 45.2 Å². The summed E-state index contributed by atoms with van der Waals surface area (Å²) >= 11 is 0. The van der Waals surface area contributed by atoms with Gasteiger partial charge >= 0.3 is 0 Å². The van der Waals surface area contributed by atoms with Crippen molar-refractivity contribution in [2.24, 2.45) is 28.6 Å². The Morgan fingerprint density at radius 2 is 1.76 bits per heavy atom. The first-order valence-corrected chi connectivity index (χ1v) is 9.15. The van der Waals surface area contributed by atoms with Gasteiger partial charge in [-0.25, -0.2) is 0 Å². The van der Waals surface area contributed by atoms with E-state index in [1.807, 2.05) is 20.8 Å². The molecular formula is C20H26O5. The average Bonchev–Trinajstić information content (AvgIpc) is 3.23. The number of carbonyl (C=O) groups is 2. The number of ketones is 2. The van der Waals surface area contributed by atoms with Gasteiger partial charge in [-0.15, -0.1) is 0 Å². The number of fused-ring (bicyclic) bond motifs is 2. The first kappa shape index (κ1) is 17.1. The number of hydrogen-bond donors (Lipinski definition) is 3. The molecule has 0 saturated heterocycles. The van der Waals surface area contributed by atoms with Crippen LogP contribution < -0.4 is 0 Å². The molecule has 0 bridgehead atoms. The van der Waals surface area contributed by atoms with Gasteiger partial charge in [-0.3, -0.25) is 9.59 Å². The SMILES string of the molecule is C=C1C2[C@H](O)[C@@H](O)C3=C(C(=O)C(O)[C@@]4(C[C@@H]4C)C3=O)[C@@]2(C)CC[C@H]1C. The Morgan fingerprint density at radius 1 is 1.16 bits per heavy atom. The van der Waals surface area contributed by atoms with E-state index in [-0.39, 0.29) is 28.8 Å². The highest BCUT2D eigenvalue weighted by molar-refractivity contribution is 6.19. The molecule has 2 unspecified atom stereocenters. The first-order valence-electron chi connectivity index (χ1n) is 9.15. The molecule has 0 amide bonds. The molecule has 0 aromatic heterocycles. The van der Waals surface area contributed by atoms with Crippen LogP contribution in [0.4, 0.5) is 0 Å². The largest absolute Gasteiger partial charge is 0.389 e. The summed E-state index contributed by atoms with van der Waals surface area (Å²) in [5.74, 6) is -1.20. The van der Waals surface area contributed by atoms with Crippen LogP contribution in [0, 0.1) is 28.6 Å². The number of Topliss-reactive ketones (excluding diaryl/α,β-unsaturated/α-hetero) is 2. The third-order valence-corrected chi connectivity index (χ3v) is 7.63. The Bertz CT molecular complexity index is 736. The van der Waals surface area contributed by atoms with Crippen molar-refractivity contribution in [3.05, 3.63) is 23.3 Å². The highest BCUT2D eigenvalue weighted by atomic mass is 16.3. The van der Waals surface area contributed by atoms with E-state index >= 15 is 0 Å². The molecule has 0 radical (unpaired) electrons. The molecule has 4 aliphatic rings. The molecular weight excluding hydrogens is 320 g/mol. The van der Waals surface area contributed by atoms with Crippen molar-refractivity contribution in [2.75, 3.05) is 0 Å². The predicted octanol–water partition coefficient (Wildman–Crippen LogP) is 1.17. The fourth-order valence-corrected chi connectivity index (χ4v) is 5.81. The van der Waals surface area contributed by atoms with Crippen LogP contribution in [0.1, 0.15) is 40.0 Å². The van der Waals surface area contributed by atoms with Gasteiger partial charge in [-0.2, -0.15) is 0 Å². The fraction of sp³-hybridized carbons (Fsp3) is 0.700. The Balaban J connectivity index is 1.94. The molecule has 5 nitrogen and oxygen atoms in total. The van der Waals surface area contributed by atoms with Crippen LogP contribution in [0.15, 0.2) is 23.3 Å². The van der Waals surface area contributed by atoms with Crippen molar-refractivity contribution in [3.8, 4) is 0 Å². The molecule has 1 spiro atoms. The molecule has 25 heavy (non-hydrogen) atoms. The minimum absolute atomic E-state index is 0.0493. The molecule has 136 valence electrons. The van der Waals surface area contributed by atoms with Gasteiger partial charge in [0.15, 0.2) is 11.6 Å². The molecule has 3 N–H and O–H groups in total.